The molecule has 0 bridgehead atoms. The largest absolute Gasteiger partial charge is 0.378 e. The molecule has 2 aromatic rings. The van der Waals surface area contributed by atoms with E-state index in [1.165, 1.54) is 22.4 Å². The Bertz CT molecular complexity index is 824. The van der Waals surface area contributed by atoms with Crippen LogP contribution >= 0.6 is 0 Å². The van der Waals surface area contributed by atoms with E-state index in [1.807, 2.05) is 12.1 Å². The van der Waals surface area contributed by atoms with Crippen molar-refractivity contribution in [3.63, 3.8) is 0 Å². The summed E-state index contributed by atoms with van der Waals surface area (Å²) in [5, 5.41) is 12.9. The lowest BCUT2D eigenvalue weighted by atomic mass is 9.76. The van der Waals surface area contributed by atoms with Crippen LogP contribution in [0.3, 0.4) is 0 Å². The molecule has 2 nitrogen and oxygen atoms in total. The molecule has 3 atom stereocenters. The van der Waals surface area contributed by atoms with Crippen molar-refractivity contribution in [1.29, 1.82) is 5.26 Å². The van der Waals surface area contributed by atoms with Gasteiger partial charge in [-0.1, -0.05) is 50.3 Å². The molecule has 3 unspecified atom stereocenters. The zero-order valence-electron chi connectivity index (χ0n) is 14.2. The maximum atomic E-state index is 9.19. The van der Waals surface area contributed by atoms with E-state index in [0.717, 1.165) is 12.0 Å². The zero-order valence-corrected chi connectivity index (χ0v) is 14.2. The van der Waals surface area contributed by atoms with Crippen molar-refractivity contribution < 1.29 is 0 Å². The van der Waals surface area contributed by atoms with Crippen LogP contribution in [0, 0.1) is 17.2 Å². The molecule has 0 fully saturated rings. The molecule has 0 aromatic heterocycles. The number of hydrogen-bond donors (Lipinski definition) is 1. The van der Waals surface area contributed by atoms with Gasteiger partial charge in [0.05, 0.1) is 17.7 Å². The highest BCUT2D eigenvalue weighted by molar-refractivity contribution is 5.62. The van der Waals surface area contributed by atoms with Gasteiger partial charge >= 0.3 is 0 Å². The Balaban J connectivity index is 1.72. The van der Waals surface area contributed by atoms with E-state index in [1.54, 1.807) is 0 Å². The zero-order chi connectivity index (χ0) is 16.7. The first-order chi connectivity index (χ1) is 11.7. The van der Waals surface area contributed by atoms with E-state index >= 15 is 0 Å². The normalized spacial score (nSPS) is 24.2. The minimum atomic E-state index is 0.326. The van der Waals surface area contributed by atoms with Gasteiger partial charge in [-0.3, -0.25) is 0 Å². The molecule has 1 aliphatic carbocycles. The summed E-state index contributed by atoms with van der Waals surface area (Å²) in [7, 11) is 0. The topological polar surface area (TPSA) is 35.8 Å². The number of allylic oxidation sites excluding steroid dienone is 2. The summed E-state index contributed by atoms with van der Waals surface area (Å²) in [4.78, 5) is 0. The van der Waals surface area contributed by atoms with Crippen LogP contribution in [0.15, 0.2) is 54.6 Å². The molecule has 0 amide bonds. The fraction of sp³-hybridized carbons (Fsp3) is 0.318. The molecule has 2 heteroatoms. The molecule has 2 aliphatic rings. The van der Waals surface area contributed by atoms with E-state index in [0.29, 0.717) is 23.8 Å². The molecule has 120 valence electrons. The third kappa shape index (κ3) is 2.41. The fourth-order valence-electron chi connectivity index (χ4n) is 4.08. The van der Waals surface area contributed by atoms with E-state index in [9.17, 15) is 5.26 Å². The molecule has 0 spiro atoms. The molecule has 1 N–H and O–H groups in total. The third-order valence-corrected chi connectivity index (χ3v) is 5.45. The molecule has 4 rings (SSSR count). The first kappa shape index (κ1) is 15.0. The summed E-state index contributed by atoms with van der Waals surface area (Å²) in [5.41, 5.74) is 5.92. The summed E-state index contributed by atoms with van der Waals surface area (Å²) < 4.78 is 0. The lowest BCUT2D eigenvalue weighted by molar-refractivity contribution is 0.425. The van der Waals surface area contributed by atoms with E-state index in [2.05, 4.69) is 67.7 Å². The average Bonchev–Trinajstić information content (AvgIpc) is 3.10. The van der Waals surface area contributed by atoms with Crippen LogP contribution in [-0.2, 0) is 0 Å². The van der Waals surface area contributed by atoms with Crippen molar-refractivity contribution in [3.8, 4) is 6.07 Å². The highest BCUT2D eigenvalue weighted by Gasteiger charge is 2.37. The monoisotopic (exact) mass is 314 g/mol. The molecule has 1 heterocycles. The lowest BCUT2D eigenvalue weighted by Crippen LogP contribution is -2.29. The minimum Gasteiger partial charge on any atom is -0.378 e. The first-order valence-electron chi connectivity index (χ1n) is 8.74. The molecular weight excluding hydrogens is 292 g/mol. The van der Waals surface area contributed by atoms with Gasteiger partial charge in [0.15, 0.2) is 0 Å². The highest BCUT2D eigenvalue weighted by Crippen LogP contribution is 2.49. The maximum absolute atomic E-state index is 9.19. The van der Waals surface area contributed by atoms with Crippen molar-refractivity contribution in [2.24, 2.45) is 5.92 Å². The van der Waals surface area contributed by atoms with Crippen LogP contribution in [0.1, 0.15) is 60.4 Å². The van der Waals surface area contributed by atoms with Crippen molar-refractivity contribution in [2.75, 3.05) is 5.32 Å². The van der Waals surface area contributed by atoms with E-state index in [-0.39, 0.29) is 0 Å². The SMILES string of the molecule is CC(C)c1ccc(C2Nc3ccc(C#N)cc3C3C=CCC32)cc1. The van der Waals surface area contributed by atoms with Gasteiger partial charge in [0.1, 0.15) is 0 Å². The van der Waals surface area contributed by atoms with Crippen LogP contribution < -0.4 is 5.32 Å². The summed E-state index contributed by atoms with van der Waals surface area (Å²) in [6.45, 7) is 4.46. The summed E-state index contributed by atoms with van der Waals surface area (Å²) in [5.74, 6) is 1.49. The predicted octanol–water partition coefficient (Wildman–Crippen LogP) is 5.51. The van der Waals surface area contributed by atoms with Crippen molar-refractivity contribution in [1.82, 2.24) is 0 Å². The highest BCUT2D eigenvalue weighted by atomic mass is 15.0. The van der Waals surface area contributed by atoms with Gasteiger partial charge in [0.2, 0.25) is 0 Å². The van der Waals surface area contributed by atoms with E-state index in [4.69, 9.17) is 0 Å². The van der Waals surface area contributed by atoms with Gasteiger partial charge in [0, 0.05) is 11.6 Å². The molecule has 1 aliphatic heterocycles. The molecule has 24 heavy (non-hydrogen) atoms. The first-order valence-corrected chi connectivity index (χ1v) is 8.74. The van der Waals surface area contributed by atoms with Crippen molar-refractivity contribution >= 4 is 5.69 Å². The molecule has 2 aromatic carbocycles. The third-order valence-electron chi connectivity index (χ3n) is 5.45. The smallest absolute Gasteiger partial charge is 0.0991 e. The second kappa shape index (κ2) is 5.83. The quantitative estimate of drug-likeness (QED) is 0.742. The Kier molecular flexibility index (Phi) is 3.65. The summed E-state index contributed by atoms with van der Waals surface area (Å²) in [6, 6.07) is 17.7. The number of rotatable bonds is 2. The second-order valence-corrected chi connectivity index (χ2v) is 7.21. The Labute approximate surface area is 143 Å². The number of nitrogens with one attached hydrogen (secondary N) is 1. The maximum Gasteiger partial charge on any atom is 0.0991 e. The van der Waals surface area contributed by atoms with Crippen LogP contribution in [0.4, 0.5) is 5.69 Å². The van der Waals surface area contributed by atoms with Crippen LogP contribution in [0.5, 0.6) is 0 Å². The number of nitriles is 1. The molecular formula is C22H22N2. The van der Waals surface area contributed by atoms with Crippen LogP contribution in [0.2, 0.25) is 0 Å². The van der Waals surface area contributed by atoms with Gasteiger partial charge in [-0.15, -0.1) is 0 Å². The number of hydrogen-bond acceptors (Lipinski definition) is 2. The van der Waals surface area contributed by atoms with Crippen molar-refractivity contribution in [3.05, 3.63) is 76.9 Å². The van der Waals surface area contributed by atoms with Crippen LogP contribution in [-0.4, -0.2) is 0 Å². The minimum absolute atomic E-state index is 0.326. The molecule has 0 saturated carbocycles. The lowest BCUT2D eigenvalue weighted by Gasteiger charge is -2.37. The van der Waals surface area contributed by atoms with Gasteiger partial charge in [-0.2, -0.15) is 5.26 Å². The average molecular weight is 314 g/mol. The molecule has 0 radical (unpaired) electrons. The number of benzene rings is 2. The van der Waals surface area contributed by atoms with Gasteiger partial charge < -0.3 is 5.32 Å². The van der Waals surface area contributed by atoms with Crippen LogP contribution in [0.25, 0.3) is 0 Å². The van der Waals surface area contributed by atoms with Gasteiger partial charge in [0.25, 0.3) is 0 Å². The number of fused-ring (bicyclic) bond motifs is 3. The second-order valence-electron chi connectivity index (χ2n) is 7.21. The van der Waals surface area contributed by atoms with Gasteiger partial charge in [-0.25, -0.2) is 0 Å². The number of anilines is 1. The van der Waals surface area contributed by atoms with Crippen molar-refractivity contribution in [2.45, 2.75) is 38.1 Å². The Morgan fingerprint density at radius 1 is 1.12 bits per heavy atom. The number of nitrogens with zero attached hydrogens (tertiary/aromatic N) is 1. The standard InChI is InChI=1S/C22H22N2/c1-14(2)16-7-9-17(10-8-16)22-19-5-3-4-18(19)20-12-15(13-23)6-11-21(20)24-22/h3-4,6-12,14,18-19,22,24H,5H2,1-2H3. The summed E-state index contributed by atoms with van der Waals surface area (Å²) in [6.07, 6.45) is 5.70. The Morgan fingerprint density at radius 3 is 2.62 bits per heavy atom. The Hall–Kier alpha value is -2.53. The fourth-order valence-corrected chi connectivity index (χ4v) is 4.08. The molecule has 0 saturated heterocycles. The van der Waals surface area contributed by atoms with Gasteiger partial charge in [-0.05, 0) is 53.1 Å². The summed E-state index contributed by atoms with van der Waals surface area (Å²) >= 11 is 0. The predicted molar refractivity (Wildman–Crippen MR) is 98.0 cm³/mol. The van der Waals surface area contributed by atoms with E-state index < -0.39 is 0 Å². The Morgan fingerprint density at radius 2 is 1.92 bits per heavy atom.